The Morgan fingerprint density at radius 3 is 2.33 bits per heavy atom. The maximum absolute atomic E-state index is 12.0. The number of likely N-dealkylation sites (N-methyl/N-ethyl adjacent to an activating group) is 1. The van der Waals surface area contributed by atoms with E-state index in [0.29, 0.717) is 26.2 Å². The van der Waals surface area contributed by atoms with Crippen LogP contribution >= 0.6 is 12.4 Å². The lowest BCUT2D eigenvalue weighted by Gasteiger charge is -2.32. The maximum Gasteiger partial charge on any atom is 0.241 e. The van der Waals surface area contributed by atoms with Crippen LogP contribution in [-0.2, 0) is 14.3 Å². The van der Waals surface area contributed by atoms with E-state index in [1.165, 1.54) is 4.90 Å². The molecular formula is C11H22ClN3O3. The van der Waals surface area contributed by atoms with Crippen LogP contribution in [0.25, 0.3) is 0 Å². The molecule has 1 aliphatic heterocycles. The third kappa shape index (κ3) is 4.80. The number of carbonyl (C=O) groups excluding carboxylic acids is 2. The third-order valence-electron chi connectivity index (χ3n) is 2.83. The number of rotatable bonds is 6. The number of hydrogen-bond acceptors (Lipinski definition) is 4. The van der Waals surface area contributed by atoms with E-state index in [4.69, 9.17) is 4.74 Å². The van der Waals surface area contributed by atoms with E-state index in [1.54, 1.807) is 26.1 Å². The van der Waals surface area contributed by atoms with Crippen LogP contribution in [0.15, 0.2) is 0 Å². The summed E-state index contributed by atoms with van der Waals surface area (Å²) in [4.78, 5) is 26.7. The minimum absolute atomic E-state index is 0. The van der Waals surface area contributed by atoms with Gasteiger partial charge in [0.15, 0.2) is 0 Å². The summed E-state index contributed by atoms with van der Waals surface area (Å²) in [6.45, 7) is 2.46. The molecule has 1 rings (SSSR count). The third-order valence-corrected chi connectivity index (χ3v) is 2.83. The zero-order valence-corrected chi connectivity index (χ0v) is 12.0. The molecule has 0 aromatic heterocycles. The van der Waals surface area contributed by atoms with E-state index in [1.807, 2.05) is 0 Å². The van der Waals surface area contributed by atoms with Gasteiger partial charge in [0.1, 0.15) is 0 Å². The Morgan fingerprint density at radius 2 is 1.94 bits per heavy atom. The Kier molecular flexibility index (Phi) is 7.90. The molecule has 1 aliphatic rings. The Balaban J connectivity index is 0.00000289. The minimum Gasteiger partial charge on any atom is -0.383 e. The van der Waals surface area contributed by atoms with Crippen LogP contribution in [0.5, 0.6) is 0 Å². The molecule has 0 saturated carbocycles. The van der Waals surface area contributed by atoms with Crippen molar-refractivity contribution in [1.29, 1.82) is 0 Å². The van der Waals surface area contributed by atoms with Crippen molar-refractivity contribution < 1.29 is 14.3 Å². The largest absolute Gasteiger partial charge is 0.383 e. The Labute approximate surface area is 114 Å². The van der Waals surface area contributed by atoms with Crippen molar-refractivity contribution >= 4 is 24.2 Å². The molecule has 0 radical (unpaired) electrons. The number of amides is 2. The highest BCUT2D eigenvalue weighted by molar-refractivity contribution is 5.86. The molecule has 1 N–H and O–H groups in total. The smallest absolute Gasteiger partial charge is 0.241 e. The first-order chi connectivity index (χ1) is 8.06. The van der Waals surface area contributed by atoms with Gasteiger partial charge in [-0.1, -0.05) is 0 Å². The summed E-state index contributed by atoms with van der Waals surface area (Å²) >= 11 is 0. The molecule has 18 heavy (non-hydrogen) atoms. The van der Waals surface area contributed by atoms with Gasteiger partial charge in [-0.2, -0.15) is 0 Å². The molecule has 1 saturated heterocycles. The first-order valence-corrected chi connectivity index (χ1v) is 5.75. The van der Waals surface area contributed by atoms with Gasteiger partial charge in [0, 0.05) is 40.8 Å². The topological polar surface area (TPSA) is 61.9 Å². The molecule has 0 aromatic carbocycles. The van der Waals surface area contributed by atoms with Gasteiger partial charge in [-0.05, 0) is 0 Å². The van der Waals surface area contributed by atoms with Crippen molar-refractivity contribution in [2.24, 2.45) is 5.92 Å². The zero-order valence-electron chi connectivity index (χ0n) is 11.1. The molecule has 1 fully saturated rings. The molecule has 1 heterocycles. The summed E-state index contributed by atoms with van der Waals surface area (Å²) in [6.07, 6.45) is 0. The van der Waals surface area contributed by atoms with Gasteiger partial charge < -0.3 is 19.9 Å². The van der Waals surface area contributed by atoms with Crippen LogP contribution < -0.4 is 5.32 Å². The van der Waals surface area contributed by atoms with Crippen LogP contribution in [0.4, 0.5) is 0 Å². The Bertz CT molecular complexity index is 283. The van der Waals surface area contributed by atoms with Gasteiger partial charge in [0.25, 0.3) is 0 Å². The SMILES string of the molecule is COCCN(CC(=O)N(C)C)C(=O)C1CNC1.Cl. The van der Waals surface area contributed by atoms with Crippen molar-refractivity contribution in [2.75, 3.05) is 54.0 Å². The maximum atomic E-state index is 12.0. The van der Waals surface area contributed by atoms with Gasteiger partial charge in [-0.3, -0.25) is 9.59 Å². The van der Waals surface area contributed by atoms with E-state index >= 15 is 0 Å². The number of ether oxygens (including phenoxy) is 1. The van der Waals surface area contributed by atoms with Gasteiger partial charge in [-0.25, -0.2) is 0 Å². The summed E-state index contributed by atoms with van der Waals surface area (Å²) in [5, 5.41) is 3.06. The fourth-order valence-electron chi connectivity index (χ4n) is 1.49. The second-order valence-corrected chi connectivity index (χ2v) is 4.40. The second-order valence-electron chi connectivity index (χ2n) is 4.40. The van der Waals surface area contributed by atoms with E-state index in [2.05, 4.69) is 5.32 Å². The first kappa shape index (κ1) is 17.2. The van der Waals surface area contributed by atoms with Gasteiger partial charge in [-0.15, -0.1) is 12.4 Å². The fourth-order valence-corrected chi connectivity index (χ4v) is 1.49. The predicted octanol–water partition coefficient (Wildman–Crippen LogP) is -0.809. The number of halogens is 1. The summed E-state index contributed by atoms with van der Waals surface area (Å²) in [5.41, 5.74) is 0. The summed E-state index contributed by atoms with van der Waals surface area (Å²) in [5.74, 6) is -0.0143. The number of carbonyl (C=O) groups is 2. The molecule has 106 valence electrons. The molecule has 0 spiro atoms. The summed E-state index contributed by atoms with van der Waals surface area (Å²) in [7, 11) is 4.96. The average Bonchev–Trinajstić information content (AvgIpc) is 2.20. The molecule has 2 amide bonds. The van der Waals surface area contributed by atoms with E-state index in [0.717, 1.165) is 0 Å². The molecule has 0 bridgehead atoms. The van der Waals surface area contributed by atoms with Crippen LogP contribution in [0, 0.1) is 5.92 Å². The number of hydrogen-bond donors (Lipinski definition) is 1. The van der Waals surface area contributed by atoms with E-state index in [-0.39, 0.29) is 36.7 Å². The highest BCUT2D eigenvalue weighted by Gasteiger charge is 2.30. The molecule has 0 aromatic rings. The molecule has 6 nitrogen and oxygen atoms in total. The summed E-state index contributed by atoms with van der Waals surface area (Å²) < 4.78 is 4.96. The number of nitrogens with one attached hydrogen (secondary N) is 1. The van der Waals surface area contributed by atoms with Crippen molar-refractivity contribution in [3.63, 3.8) is 0 Å². The van der Waals surface area contributed by atoms with Crippen LogP contribution in [0.3, 0.4) is 0 Å². The quantitative estimate of drug-likeness (QED) is 0.691. The molecule has 0 atom stereocenters. The lowest BCUT2D eigenvalue weighted by Crippen LogP contribution is -2.54. The molecule has 0 aliphatic carbocycles. The normalized spacial score (nSPS) is 14.4. The summed E-state index contributed by atoms with van der Waals surface area (Å²) in [6, 6.07) is 0. The highest BCUT2D eigenvalue weighted by atomic mass is 35.5. The van der Waals surface area contributed by atoms with Gasteiger partial charge >= 0.3 is 0 Å². The van der Waals surface area contributed by atoms with E-state index < -0.39 is 0 Å². The standard InChI is InChI=1S/C11H21N3O3.ClH/c1-13(2)10(15)8-14(4-5-17-3)11(16)9-6-12-7-9;/h9,12H,4-8H2,1-3H3;1H. The minimum atomic E-state index is -0.0678. The Morgan fingerprint density at radius 1 is 1.33 bits per heavy atom. The predicted molar refractivity (Wildman–Crippen MR) is 70.8 cm³/mol. The van der Waals surface area contributed by atoms with Crippen molar-refractivity contribution in [2.45, 2.75) is 0 Å². The van der Waals surface area contributed by atoms with Crippen LogP contribution in [0.1, 0.15) is 0 Å². The molecular weight excluding hydrogens is 258 g/mol. The lowest BCUT2D eigenvalue weighted by atomic mass is 10.0. The first-order valence-electron chi connectivity index (χ1n) is 5.75. The van der Waals surface area contributed by atoms with Crippen molar-refractivity contribution in [1.82, 2.24) is 15.1 Å². The van der Waals surface area contributed by atoms with Gasteiger partial charge in [0.05, 0.1) is 19.1 Å². The number of nitrogens with zero attached hydrogens (tertiary/aromatic N) is 2. The average molecular weight is 280 g/mol. The molecule has 7 heteroatoms. The van der Waals surface area contributed by atoms with Crippen LogP contribution in [-0.4, -0.2) is 75.6 Å². The van der Waals surface area contributed by atoms with Crippen molar-refractivity contribution in [3.8, 4) is 0 Å². The fraction of sp³-hybridized carbons (Fsp3) is 0.818. The highest BCUT2D eigenvalue weighted by Crippen LogP contribution is 2.08. The molecule has 0 unspecified atom stereocenters. The Hall–Kier alpha value is -0.850. The zero-order chi connectivity index (χ0) is 12.8. The lowest BCUT2D eigenvalue weighted by molar-refractivity contribution is -0.143. The second kappa shape index (κ2) is 8.29. The van der Waals surface area contributed by atoms with E-state index in [9.17, 15) is 9.59 Å². The monoisotopic (exact) mass is 279 g/mol. The van der Waals surface area contributed by atoms with Crippen LogP contribution in [0.2, 0.25) is 0 Å². The number of methoxy groups -OCH3 is 1. The van der Waals surface area contributed by atoms with Gasteiger partial charge in [0.2, 0.25) is 11.8 Å². The van der Waals surface area contributed by atoms with Crippen molar-refractivity contribution in [3.05, 3.63) is 0 Å².